The van der Waals surface area contributed by atoms with Gasteiger partial charge in [0.15, 0.2) is 0 Å². The maximum Gasteiger partial charge on any atom is 0.316 e. The number of halogens is 1. The number of nitrogens with two attached hydrogens (primary N) is 1. The highest BCUT2D eigenvalue weighted by Crippen LogP contribution is 2.30. The van der Waals surface area contributed by atoms with Gasteiger partial charge in [-0.2, -0.15) is 0 Å². The molecule has 1 aromatic rings. The van der Waals surface area contributed by atoms with Crippen LogP contribution in [0.2, 0.25) is 0 Å². The van der Waals surface area contributed by atoms with E-state index in [1.54, 1.807) is 12.1 Å². The predicted molar refractivity (Wildman–Crippen MR) is 65.6 cm³/mol. The molecule has 5 nitrogen and oxygen atoms in total. The van der Waals surface area contributed by atoms with Gasteiger partial charge in [0.05, 0.1) is 13.0 Å². The number of ketones is 1. The Hall–Kier alpha value is -1.95. The zero-order chi connectivity index (χ0) is 14.0. The summed E-state index contributed by atoms with van der Waals surface area (Å²) in [5, 5.41) is 0. The summed E-state index contributed by atoms with van der Waals surface area (Å²) in [5.74, 6) is -0.474. The van der Waals surface area contributed by atoms with Crippen LogP contribution in [0.3, 0.4) is 0 Å². The number of hydrogen-bond donors (Lipinski definition) is 1. The van der Waals surface area contributed by atoms with E-state index in [0.29, 0.717) is 5.56 Å². The Morgan fingerprint density at radius 1 is 1.53 bits per heavy atom. The normalized spacial score (nSPS) is 22.5. The number of nitrogens with zero attached hydrogens (tertiary/aromatic N) is 1. The largest absolute Gasteiger partial charge is 0.351 e. The van der Waals surface area contributed by atoms with Gasteiger partial charge in [-0.25, -0.2) is 9.18 Å². The molecule has 2 amide bonds. The van der Waals surface area contributed by atoms with E-state index in [-0.39, 0.29) is 24.6 Å². The first-order valence-corrected chi connectivity index (χ1v) is 5.94. The molecule has 0 saturated carbocycles. The van der Waals surface area contributed by atoms with Crippen LogP contribution in [-0.2, 0) is 9.53 Å². The van der Waals surface area contributed by atoms with Gasteiger partial charge in [-0.05, 0) is 24.6 Å². The molecule has 0 spiro atoms. The number of primary amides is 1. The molecule has 1 heterocycles. The van der Waals surface area contributed by atoms with Crippen LogP contribution in [0, 0.1) is 5.82 Å². The first-order valence-electron chi connectivity index (χ1n) is 5.94. The number of hydrogen-bond acceptors (Lipinski definition) is 3. The van der Waals surface area contributed by atoms with Crippen LogP contribution >= 0.6 is 0 Å². The highest BCUT2D eigenvalue weighted by molar-refractivity contribution is 5.78. The lowest BCUT2D eigenvalue weighted by atomic mass is 10.1. The average molecular weight is 266 g/mol. The van der Waals surface area contributed by atoms with E-state index in [1.807, 2.05) is 0 Å². The minimum absolute atomic E-state index is 0.0781. The van der Waals surface area contributed by atoms with Crippen LogP contribution in [-0.4, -0.2) is 29.5 Å². The maximum absolute atomic E-state index is 13.2. The molecule has 0 bridgehead atoms. The van der Waals surface area contributed by atoms with Crippen molar-refractivity contribution in [3.63, 3.8) is 0 Å². The van der Waals surface area contributed by atoms with E-state index in [1.165, 1.54) is 24.0 Å². The topological polar surface area (TPSA) is 72.6 Å². The molecule has 2 unspecified atom stereocenters. The first kappa shape index (κ1) is 13.5. The van der Waals surface area contributed by atoms with Crippen LogP contribution in [0.4, 0.5) is 9.18 Å². The Morgan fingerprint density at radius 2 is 2.26 bits per heavy atom. The molecule has 2 atom stereocenters. The molecule has 0 radical (unpaired) electrons. The van der Waals surface area contributed by atoms with Gasteiger partial charge in [-0.1, -0.05) is 12.1 Å². The quantitative estimate of drug-likeness (QED) is 0.902. The lowest BCUT2D eigenvalue weighted by Gasteiger charge is -2.19. The highest BCUT2D eigenvalue weighted by Gasteiger charge is 2.36. The zero-order valence-corrected chi connectivity index (χ0v) is 10.5. The third-order valence-corrected chi connectivity index (χ3v) is 3.00. The first-order chi connectivity index (χ1) is 8.97. The minimum Gasteiger partial charge on any atom is -0.351 e. The van der Waals surface area contributed by atoms with Crippen molar-refractivity contribution >= 4 is 11.8 Å². The number of ether oxygens (including phenoxy) is 1. The molecule has 1 aliphatic heterocycles. The highest BCUT2D eigenvalue weighted by atomic mass is 19.1. The van der Waals surface area contributed by atoms with Crippen molar-refractivity contribution in [1.29, 1.82) is 0 Å². The van der Waals surface area contributed by atoms with Crippen molar-refractivity contribution in [2.24, 2.45) is 5.73 Å². The fraction of sp³-hybridized carbons (Fsp3) is 0.385. The minimum atomic E-state index is -0.678. The summed E-state index contributed by atoms with van der Waals surface area (Å²) < 4.78 is 18.8. The van der Waals surface area contributed by atoms with Crippen molar-refractivity contribution < 1.29 is 18.7 Å². The van der Waals surface area contributed by atoms with Crippen molar-refractivity contribution in [2.75, 3.05) is 6.54 Å². The van der Waals surface area contributed by atoms with Gasteiger partial charge in [0.1, 0.15) is 23.9 Å². The monoisotopic (exact) mass is 266 g/mol. The third-order valence-electron chi connectivity index (χ3n) is 3.00. The lowest BCUT2D eigenvalue weighted by molar-refractivity contribution is -0.121. The lowest BCUT2D eigenvalue weighted by Crippen LogP contribution is -2.40. The number of Topliss-reactive ketones (excluding diaryl/α,β-unsaturated/α-hetero) is 1. The molecular weight excluding hydrogens is 251 g/mol. The van der Waals surface area contributed by atoms with E-state index in [9.17, 15) is 14.0 Å². The van der Waals surface area contributed by atoms with E-state index in [4.69, 9.17) is 10.5 Å². The Kier molecular flexibility index (Phi) is 3.80. The second-order valence-electron chi connectivity index (χ2n) is 4.53. The Bertz CT molecular complexity index is 506. The summed E-state index contributed by atoms with van der Waals surface area (Å²) in [5.41, 5.74) is 5.88. The molecule has 2 rings (SSSR count). The smallest absolute Gasteiger partial charge is 0.316 e. The van der Waals surface area contributed by atoms with Crippen molar-refractivity contribution in [1.82, 2.24) is 4.90 Å². The molecule has 1 saturated heterocycles. The second-order valence-corrected chi connectivity index (χ2v) is 4.53. The Morgan fingerprint density at radius 3 is 2.84 bits per heavy atom. The van der Waals surface area contributed by atoms with Crippen LogP contribution in [0.15, 0.2) is 24.3 Å². The SMILES string of the molecule is CC(=O)CC1OC(c2cccc(F)c2)CN1C(N)=O. The number of amides is 2. The van der Waals surface area contributed by atoms with E-state index < -0.39 is 18.4 Å². The summed E-state index contributed by atoms with van der Waals surface area (Å²) in [6, 6.07) is 5.31. The fourth-order valence-electron chi connectivity index (χ4n) is 2.13. The van der Waals surface area contributed by atoms with Gasteiger partial charge in [0.2, 0.25) is 0 Å². The maximum atomic E-state index is 13.2. The zero-order valence-electron chi connectivity index (χ0n) is 10.5. The standard InChI is InChI=1S/C13H15FN2O3/c1-8(17)5-12-16(13(15)18)7-11(19-12)9-3-2-4-10(14)6-9/h2-4,6,11-12H,5,7H2,1H3,(H2,15,18). The molecule has 1 aromatic carbocycles. The number of urea groups is 1. The summed E-state index contributed by atoms with van der Waals surface area (Å²) in [4.78, 5) is 23.8. The molecule has 1 fully saturated rings. The average Bonchev–Trinajstić information content (AvgIpc) is 2.72. The van der Waals surface area contributed by atoms with Crippen molar-refractivity contribution in [2.45, 2.75) is 25.7 Å². The molecule has 2 N–H and O–H groups in total. The van der Waals surface area contributed by atoms with Crippen molar-refractivity contribution in [3.05, 3.63) is 35.6 Å². The van der Waals surface area contributed by atoms with Crippen LogP contribution in [0.1, 0.15) is 25.0 Å². The fourth-order valence-corrected chi connectivity index (χ4v) is 2.13. The van der Waals surface area contributed by atoms with Crippen molar-refractivity contribution in [3.8, 4) is 0 Å². The summed E-state index contributed by atoms with van der Waals surface area (Å²) in [6.45, 7) is 1.63. The van der Waals surface area contributed by atoms with E-state index >= 15 is 0 Å². The van der Waals surface area contributed by atoms with Gasteiger partial charge in [0.25, 0.3) is 0 Å². The van der Waals surface area contributed by atoms with Gasteiger partial charge >= 0.3 is 6.03 Å². The number of carbonyl (C=O) groups is 2. The van der Waals surface area contributed by atoms with Gasteiger partial charge in [-0.15, -0.1) is 0 Å². The molecule has 1 aliphatic rings. The number of carbonyl (C=O) groups excluding carboxylic acids is 2. The molecule has 19 heavy (non-hydrogen) atoms. The Labute approximate surface area is 110 Å². The van der Waals surface area contributed by atoms with E-state index in [0.717, 1.165) is 0 Å². The number of benzene rings is 1. The van der Waals surface area contributed by atoms with Crippen LogP contribution in [0.5, 0.6) is 0 Å². The van der Waals surface area contributed by atoms with Crippen LogP contribution in [0.25, 0.3) is 0 Å². The predicted octanol–water partition coefficient (Wildman–Crippen LogP) is 1.58. The van der Waals surface area contributed by atoms with Gasteiger partial charge in [0, 0.05) is 0 Å². The van der Waals surface area contributed by atoms with Gasteiger partial charge in [-0.3, -0.25) is 9.69 Å². The summed E-state index contributed by atoms with van der Waals surface area (Å²) in [6.07, 6.45) is -1.06. The summed E-state index contributed by atoms with van der Waals surface area (Å²) in [7, 11) is 0. The second kappa shape index (κ2) is 5.36. The molecule has 0 aromatic heterocycles. The molecule has 102 valence electrons. The van der Waals surface area contributed by atoms with Gasteiger partial charge < -0.3 is 10.5 Å². The number of rotatable bonds is 3. The molecular formula is C13H15FN2O3. The van der Waals surface area contributed by atoms with Crippen LogP contribution < -0.4 is 5.73 Å². The molecule has 6 heteroatoms. The third kappa shape index (κ3) is 3.08. The summed E-state index contributed by atoms with van der Waals surface area (Å²) >= 11 is 0. The molecule has 0 aliphatic carbocycles. The Balaban J connectivity index is 2.17. The van der Waals surface area contributed by atoms with E-state index in [2.05, 4.69) is 0 Å².